The number of nitrogens with one attached hydrogen (secondary N) is 1. The number of hydrogen-bond donors (Lipinski definition) is 1. The smallest absolute Gasteiger partial charge is 0.259 e. The minimum absolute atomic E-state index is 0.224. The van der Waals surface area contributed by atoms with Gasteiger partial charge in [0.1, 0.15) is 11.5 Å². The fourth-order valence-electron chi connectivity index (χ4n) is 2.14. The molecule has 1 amide bonds. The Morgan fingerprint density at radius 1 is 1.00 bits per heavy atom. The number of carbonyl (C=O) groups is 1. The van der Waals surface area contributed by atoms with E-state index < -0.39 is 0 Å². The van der Waals surface area contributed by atoms with Crippen molar-refractivity contribution in [3.05, 3.63) is 53.1 Å². The maximum atomic E-state index is 12.5. The van der Waals surface area contributed by atoms with Crippen LogP contribution < -0.4 is 14.8 Å². The summed E-state index contributed by atoms with van der Waals surface area (Å²) in [6.45, 7) is 3.98. The quantitative estimate of drug-likeness (QED) is 0.934. The molecule has 0 aromatic heterocycles. The molecule has 0 aliphatic heterocycles. The molecule has 0 heterocycles. The highest BCUT2D eigenvalue weighted by atomic mass is 16.5. The molecular weight excluding hydrogens is 266 g/mol. The zero-order valence-corrected chi connectivity index (χ0v) is 12.7. The maximum Gasteiger partial charge on any atom is 0.259 e. The van der Waals surface area contributed by atoms with Gasteiger partial charge in [-0.1, -0.05) is 17.7 Å². The molecular formula is C17H19NO3. The second kappa shape index (κ2) is 6.31. The predicted octanol–water partition coefficient (Wildman–Crippen LogP) is 3.57. The third-order valence-electron chi connectivity index (χ3n) is 3.28. The second-order valence-electron chi connectivity index (χ2n) is 4.84. The van der Waals surface area contributed by atoms with Crippen molar-refractivity contribution in [1.29, 1.82) is 0 Å². The van der Waals surface area contributed by atoms with Crippen LogP contribution in [0.15, 0.2) is 36.4 Å². The zero-order chi connectivity index (χ0) is 15.4. The molecule has 0 atom stereocenters. The van der Waals surface area contributed by atoms with Crippen LogP contribution >= 0.6 is 0 Å². The van der Waals surface area contributed by atoms with Gasteiger partial charge in [-0.3, -0.25) is 4.79 Å². The van der Waals surface area contributed by atoms with E-state index in [1.165, 1.54) is 7.11 Å². The van der Waals surface area contributed by atoms with Gasteiger partial charge in [0.2, 0.25) is 0 Å². The zero-order valence-electron chi connectivity index (χ0n) is 12.7. The van der Waals surface area contributed by atoms with Crippen LogP contribution in [0.3, 0.4) is 0 Å². The van der Waals surface area contributed by atoms with E-state index in [9.17, 15) is 4.79 Å². The Morgan fingerprint density at radius 2 is 1.76 bits per heavy atom. The molecule has 2 aromatic rings. The number of benzene rings is 2. The Kier molecular flexibility index (Phi) is 4.48. The largest absolute Gasteiger partial charge is 0.497 e. The molecule has 21 heavy (non-hydrogen) atoms. The first-order valence-corrected chi connectivity index (χ1v) is 6.65. The highest BCUT2D eigenvalue weighted by Gasteiger charge is 2.14. The number of aryl methyl sites for hydroxylation is 2. The van der Waals surface area contributed by atoms with E-state index >= 15 is 0 Å². The monoisotopic (exact) mass is 285 g/mol. The lowest BCUT2D eigenvalue weighted by Gasteiger charge is -2.12. The Labute approximate surface area is 124 Å². The topological polar surface area (TPSA) is 47.6 Å². The number of methoxy groups -OCH3 is 2. The number of amides is 1. The van der Waals surface area contributed by atoms with Crippen molar-refractivity contribution in [1.82, 2.24) is 0 Å². The van der Waals surface area contributed by atoms with Gasteiger partial charge in [-0.2, -0.15) is 0 Å². The van der Waals surface area contributed by atoms with E-state index in [2.05, 4.69) is 5.32 Å². The van der Waals surface area contributed by atoms with Gasteiger partial charge < -0.3 is 14.8 Å². The summed E-state index contributed by atoms with van der Waals surface area (Å²) in [6.07, 6.45) is 0. The van der Waals surface area contributed by atoms with Crippen LogP contribution in [0.1, 0.15) is 21.5 Å². The van der Waals surface area contributed by atoms with Gasteiger partial charge in [-0.05, 0) is 43.7 Å². The molecule has 1 N–H and O–H groups in total. The summed E-state index contributed by atoms with van der Waals surface area (Å²) in [4.78, 5) is 12.5. The first kappa shape index (κ1) is 14.9. The van der Waals surface area contributed by atoms with Gasteiger partial charge in [0.25, 0.3) is 5.91 Å². The van der Waals surface area contributed by atoms with Gasteiger partial charge in [-0.25, -0.2) is 0 Å². The van der Waals surface area contributed by atoms with E-state index in [4.69, 9.17) is 9.47 Å². The van der Waals surface area contributed by atoms with Crippen LogP contribution in [0.25, 0.3) is 0 Å². The van der Waals surface area contributed by atoms with E-state index in [0.29, 0.717) is 17.1 Å². The van der Waals surface area contributed by atoms with Gasteiger partial charge in [-0.15, -0.1) is 0 Å². The van der Waals surface area contributed by atoms with Crippen LogP contribution in [0.5, 0.6) is 11.5 Å². The van der Waals surface area contributed by atoms with Crippen LogP contribution in [0.4, 0.5) is 5.69 Å². The average Bonchev–Trinajstić information content (AvgIpc) is 2.49. The lowest BCUT2D eigenvalue weighted by molar-refractivity contribution is 0.102. The van der Waals surface area contributed by atoms with Crippen molar-refractivity contribution in [3.63, 3.8) is 0 Å². The van der Waals surface area contributed by atoms with E-state index in [0.717, 1.165) is 16.8 Å². The molecule has 2 rings (SSSR count). The number of anilines is 1. The van der Waals surface area contributed by atoms with Crippen LogP contribution in [0.2, 0.25) is 0 Å². The first-order valence-electron chi connectivity index (χ1n) is 6.65. The summed E-state index contributed by atoms with van der Waals surface area (Å²) in [6, 6.07) is 11.0. The van der Waals surface area contributed by atoms with E-state index in [-0.39, 0.29) is 5.91 Å². The summed E-state index contributed by atoms with van der Waals surface area (Å²) in [5.41, 5.74) is 3.40. The molecule has 4 nitrogen and oxygen atoms in total. The number of carbonyl (C=O) groups excluding carboxylic acids is 1. The molecule has 0 fully saturated rings. The lowest BCUT2D eigenvalue weighted by atomic mass is 10.1. The summed E-state index contributed by atoms with van der Waals surface area (Å²) >= 11 is 0. The highest BCUT2D eigenvalue weighted by Crippen LogP contribution is 2.25. The van der Waals surface area contributed by atoms with Gasteiger partial charge >= 0.3 is 0 Å². The highest BCUT2D eigenvalue weighted by molar-refractivity contribution is 6.06. The van der Waals surface area contributed by atoms with Crippen LogP contribution in [0, 0.1) is 13.8 Å². The molecule has 0 aliphatic rings. The van der Waals surface area contributed by atoms with Crippen molar-refractivity contribution in [2.24, 2.45) is 0 Å². The fourth-order valence-corrected chi connectivity index (χ4v) is 2.14. The Morgan fingerprint density at radius 3 is 2.38 bits per heavy atom. The molecule has 0 radical (unpaired) electrons. The van der Waals surface area contributed by atoms with Crippen LogP contribution in [-0.4, -0.2) is 20.1 Å². The molecule has 0 unspecified atom stereocenters. The Hall–Kier alpha value is -2.49. The first-order chi connectivity index (χ1) is 10.0. The molecule has 110 valence electrons. The maximum absolute atomic E-state index is 12.5. The SMILES string of the molecule is COc1ccc(OC)c(C(=O)Nc2ccc(C)cc2C)c1. The summed E-state index contributed by atoms with van der Waals surface area (Å²) in [5.74, 6) is 0.900. The molecule has 0 saturated carbocycles. The predicted molar refractivity (Wildman–Crippen MR) is 83.4 cm³/mol. The van der Waals surface area contributed by atoms with Crippen molar-refractivity contribution in [2.75, 3.05) is 19.5 Å². The summed E-state index contributed by atoms with van der Waals surface area (Å²) < 4.78 is 10.4. The third-order valence-corrected chi connectivity index (χ3v) is 3.28. The van der Waals surface area contributed by atoms with Gasteiger partial charge in [0.05, 0.1) is 19.8 Å². The molecule has 0 spiro atoms. The molecule has 4 heteroatoms. The van der Waals surface area contributed by atoms with Gasteiger partial charge in [0, 0.05) is 5.69 Å². The number of rotatable bonds is 4. The Bertz CT molecular complexity index is 665. The Balaban J connectivity index is 2.31. The summed E-state index contributed by atoms with van der Waals surface area (Å²) in [5, 5.41) is 2.91. The average molecular weight is 285 g/mol. The molecule has 2 aromatic carbocycles. The third kappa shape index (κ3) is 3.34. The molecule has 0 saturated heterocycles. The van der Waals surface area contributed by atoms with Crippen molar-refractivity contribution >= 4 is 11.6 Å². The van der Waals surface area contributed by atoms with Crippen LogP contribution in [-0.2, 0) is 0 Å². The van der Waals surface area contributed by atoms with E-state index in [1.807, 2.05) is 32.0 Å². The van der Waals surface area contributed by atoms with Crippen molar-refractivity contribution in [3.8, 4) is 11.5 Å². The van der Waals surface area contributed by atoms with E-state index in [1.54, 1.807) is 25.3 Å². The van der Waals surface area contributed by atoms with Gasteiger partial charge in [0.15, 0.2) is 0 Å². The standard InChI is InChI=1S/C17H19NO3/c1-11-5-7-15(12(2)9-11)18-17(19)14-10-13(20-3)6-8-16(14)21-4/h5-10H,1-4H3,(H,18,19). The lowest BCUT2D eigenvalue weighted by Crippen LogP contribution is -2.14. The van der Waals surface area contributed by atoms with Crippen molar-refractivity contribution < 1.29 is 14.3 Å². The van der Waals surface area contributed by atoms with Crippen molar-refractivity contribution in [2.45, 2.75) is 13.8 Å². The number of ether oxygens (including phenoxy) is 2. The molecule has 0 aliphatic carbocycles. The fraction of sp³-hybridized carbons (Fsp3) is 0.235. The minimum atomic E-state index is -0.224. The minimum Gasteiger partial charge on any atom is -0.497 e. The second-order valence-corrected chi connectivity index (χ2v) is 4.84. The summed E-state index contributed by atoms with van der Waals surface area (Å²) in [7, 11) is 3.10. The molecule has 0 bridgehead atoms. The number of hydrogen-bond acceptors (Lipinski definition) is 3. The normalized spacial score (nSPS) is 10.1.